The van der Waals surface area contributed by atoms with E-state index in [0.29, 0.717) is 0 Å². The Hall–Kier alpha value is -10.1. The number of aryl methyl sites for hydroxylation is 7. The van der Waals surface area contributed by atoms with Crippen molar-refractivity contribution in [1.29, 1.82) is 0 Å². The average Bonchev–Trinajstić information content (AvgIpc) is 1.54. The Kier molecular flexibility index (Phi) is 27.2. The molecule has 22 rings (SSSR count). The molecular weight excluding hydrogens is 2410 g/mol. The maximum Gasteiger partial charge on any atom is 0.0669 e. The zero-order chi connectivity index (χ0) is 82.5. The van der Waals surface area contributed by atoms with E-state index in [1.807, 2.05) is 74.9 Å². The summed E-state index contributed by atoms with van der Waals surface area (Å²) in [6.45, 7) is 35.6. The topological polar surface area (TPSA) is 86.5 Å². The monoisotopic (exact) mass is 2510 g/mol. The van der Waals surface area contributed by atoms with Gasteiger partial charge in [0.05, 0.1) is 45.3 Å². The van der Waals surface area contributed by atoms with Crippen LogP contribution in [0.2, 0.25) is 0 Å². The Balaban J connectivity index is 0.000000134. The minimum atomic E-state index is 0. The molecule has 12 aromatic carbocycles. The van der Waals surface area contributed by atoms with Crippen LogP contribution in [0.1, 0.15) is 118 Å². The summed E-state index contributed by atoms with van der Waals surface area (Å²) in [5.41, 5.74) is 28.9. The quantitative estimate of drug-likeness (QED) is 0.127. The molecule has 0 unspecified atom stereocenters. The second-order valence-electron chi connectivity index (χ2n) is 35.9. The average molecular weight is 2510 g/mol. The first kappa shape index (κ1) is 91.6. The van der Waals surface area contributed by atoms with E-state index in [1.54, 1.807) is 0 Å². The van der Waals surface area contributed by atoms with E-state index >= 15 is 0 Å². The molecule has 0 fully saturated rings. The zero-order valence-corrected chi connectivity index (χ0v) is 84.6. The van der Waals surface area contributed by atoms with Crippen molar-refractivity contribution < 1.29 is 101 Å². The number of fused-ring (bicyclic) bond motifs is 30. The fourth-order valence-corrected chi connectivity index (χ4v) is 18.2. The van der Waals surface area contributed by atoms with Crippen LogP contribution in [-0.2, 0) is 120 Å². The van der Waals surface area contributed by atoms with Crippen LogP contribution in [-0.4, -0.2) is 46.9 Å². The van der Waals surface area contributed by atoms with Crippen molar-refractivity contribution in [1.82, 2.24) is 46.9 Å². The summed E-state index contributed by atoms with van der Waals surface area (Å²) in [4.78, 5) is 23.7. The maximum absolute atomic E-state index is 5.06. The van der Waals surface area contributed by atoms with Crippen molar-refractivity contribution in [2.45, 2.75) is 130 Å². The Bertz CT molecular complexity index is 7590. The minimum Gasteiger partial charge on any atom is -0.340 e. The number of hydrogen-bond acceptors (Lipinski definition) is 5. The molecule has 22 aromatic rings. The molecule has 10 heterocycles. The Morgan fingerprint density at radius 3 is 1.08 bits per heavy atom. The van der Waals surface area contributed by atoms with E-state index in [9.17, 15) is 0 Å². The molecule has 0 saturated heterocycles. The van der Waals surface area contributed by atoms with Gasteiger partial charge in [0.25, 0.3) is 0 Å². The van der Waals surface area contributed by atoms with E-state index in [-0.39, 0.29) is 117 Å². The molecule has 10 nitrogen and oxygen atoms in total. The van der Waals surface area contributed by atoms with Gasteiger partial charge in [-0.3, -0.25) is 24.9 Å². The number of hydrogen-bond donors (Lipinski definition) is 0. The van der Waals surface area contributed by atoms with Gasteiger partial charge in [0, 0.05) is 182 Å². The third-order valence-electron chi connectivity index (χ3n) is 22.9. The fraction of sp³-hybridized carbons (Fsp3) is 0.202. The van der Waals surface area contributed by atoms with Gasteiger partial charge in [-0.25, -0.2) is 0 Å². The summed E-state index contributed by atoms with van der Waals surface area (Å²) in [7, 11) is 0. The van der Waals surface area contributed by atoms with Crippen LogP contribution in [0.15, 0.2) is 262 Å². The zero-order valence-electron chi connectivity index (χ0n) is 72.6. The van der Waals surface area contributed by atoms with E-state index in [4.69, 9.17) is 15.0 Å². The molecule has 0 spiro atoms. The first-order chi connectivity index (χ1) is 57.3. The Morgan fingerprint density at radius 2 is 0.645 bits per heavy atom. The molecule has 0 amide bonds. The molecule has 10 aromatic heterocycles. The van der Waals surface area contributed by atoms with Crippen LogP contribution < -0.4 is 0 Å². The third-order valence-corrected chi connectivity index (χ3v) is 22.9. The molecule has 0 atom stereocenters. The number of para-hydroxylation sites is 2. The molecule has 0 aliphatic carbocycles. The Morgan fingerprint density at radius 1 is 0.298 bits per heavy atom. The van der Waals surface area contributed by atoms with E-state index < -0.39 is 0 Å². The number of rotatable bonds is 5. The minimum absolute atomic E-state index is 0. The Labute approximate surface area is 793 Å². The number of benzene rings is 12. The second-order valence-corrected chi connectivity index (χ2v) is 35.9. The predicted octanol–water partition coefficient (Wildman–Crippen LogP) is 27.5. The van der Waals surface area contributed by atoms with Gasteiger partial charge in [-0.2, -0.15) is 0 Å². The van der Waals surface area contributed by atoms with E-state index in [1.165, 1.54) is 137 Å². The molecule has 124 heavy (non-hydrogen) atoms. The largest absolute Gasteiger partial charge is 0.340 e. The van der Waals surface area contributed by atoms with E-state index in [0.717, 1.165) is 97.2 Å². The predicted molar refractivity (Wildman–Crippen MR) is 499 cm³/mol. The number of aromatic nitrogens is 10. The first-order valence-electron chi connectivity index (χ1n) is 41.4. The van der Waals surface area contributed by atoms with Gasteiger partial charge in [0.1, 0.15) is 0 Å². The molecule has 15 heteroatoms. The molecule has 633 valence electrons. The van der Waals surface area contributed by atoms with Crippen LogP contribution >= 0.6 is 0 Å². The fourth-order valence-electron chi connectivity index (χ4n) is 18.2. The normalized spacial score (nSPS) is 11.6. The molecule has 0 aliphatic rings. The van der Waals surface area contributed by atoms with Crippen LogP contribution in [0.25, 0.3) is 159 Å². The van der Waals surface area contributed by atoms with E-state index in [2.05, 4.69) is 360 Å². The molecule has 5 radical (unpaired) electrons. The van der Waals surface area contributed by atoms with Crippen molar-refractivity contribution in [2.75, 3.05) is 0 Å². The standard InChI is InChI=1S/C29H29N2.C28H27N2.C21H21N2.C16H11N2.C15H9N2.5Ir/c1-18-10-9-11-19(2)26(18)27-20(3)30-28-23-13-8-7-12-22(23)24-16-21(17-29(4,5)6)14-15-25(24)31(27)28;1-18-9-8-10-19(2)26(18)25-17-29-27-22-12-7-6-11-21(22)23-15-20(16-28(3,4)5)13-14-24(23)30(25)27;1-14-13-23-19-10-9-15(12-21(2,3)4)11-18(19)16-7-5-6-8-17(16)20(23)22-14;1-11-10-18-15-9-5-4-7-13(15)12-6-2-3-8-14(12)16(18)17-11;1-2-7-13-11(5-1)12-6-3-4-8-14(12)17-10-9-16-15(13)17;;;;;/h7-12,14-16H,17H2,1-6H3;6-11,13-15,17H,16H2,1-5H3;5-7,9-11,13H,12H2,1-4H3;2-7,9-10H,1H3;1-6,8-10H;;;;;/q5*-1;;;;;. The van der Waals surface area contributed by atoms with Crippen LogP contribution in [0.4, 0.5) is 0 Å². The summed E-state index contributed by atoms with van der Waals surface area (Å²) >= 11 is 0. The van der Waals surface area contributed by atoms with Crippen molar-refractivity contribution in [2.24, 2.45) is 16.2 Å². The third kappa shape index (κ3) is 17.6. The van der Waals surface area contributed by atoms with Gasteiger partial charge in [-0.05, 0) is 180 Å². The van der Waals surface area contributed by atoms with Crippen molar-refractivity contribution in [3.05, 3.63) is 348 Å². The van der Waals surface area contributed by atoms with Gasteiger partial charge >= 0.3 is 0 Å². The SMILES string of the molecule is Cc1cccc(C)c1-c1c(C)nc2c3[c-]cccc3c3cc(CC(C)(C)C)ccc3n12.Cc1cccc(C)c1-c1cnc2c3[c-]cccc3c3cc(CC(C)(C)C)ccc3n12.Cc1cn2c3ccc(CC(C)(C)C)cc3c3ccc[c-]c3c2n1.Cc1cn2c3ccccc3c3ccc[c-]c3c2n1.[Ir].[Ir].[Ir].[Ir].[Ir].[c-]1cccc2c1c1nccn1c1ccccc21. The molecule has 0 N–H and O–H groups in total. The van der Waals surface area contributed by atoms with Gasteiger partial charge in [-0.1, -0.05) is 198 Å². The summed E-state index contributed by atoms with van der Waals surface area (Å²) in [6, 6.07) is 98.4. The van der Waals surface area contributed by atoms with Crippen molar-refractivity contribution in [3.63, 3.8) is 0 Å². The summed E-state index contributed by atoms with van der Waals surface area (Å²) in [5, 5.41) is 17.8. The van der Waals surface area contributed by atoms with Gasteiger partial charge in [0.2, 0.25) is 0 Å². The van der Waals surface area contributed by atoms with Gasteiger partial charge in [0.15, 0.2) is 0 Å². The van der Waals surface area contributed by atoms with Crippen LogP contribution in [0.5, 0.6) is 0 Å². The number of imidazole rings is 5. The molecule has 0 saturated carbocycles. The smallest absolute Gasteiger partial charge is 0.0669 e. The second kappa shape index (κ2) is 36.9. The van der Waals surface area contributed by atoms with Gasteiger partial charge in [-0.15, -0.1) is 148 Å². The summed E-state index contributed by atoms with van der Waals surface area (Å²) in [5.74, 6) is 0. The number of pyridine rings is 5. The van der Waals surface area contributed by atoms with Crippen LogP contribution in [0, 0.1) is 95.0 Å². The van der Waals surface area contributed by atoms with Crippen molar-refractivity contribution >= 4 is 137 Å². The summed E-state index contributed by atoms with van der Waals surface area (Å²) < 4.78 is 11.2. The summed E-state index contributed by atoms with van der Waals surface area (Å²) in [6.07, 6.45) is 13.2. The first-order valence-corrected chi connectivity index (χ1v) is 41.4. The number of nitrogens with zero attached hydrogens (tertiary/aromatic N) is 10. The van der Waals surface area contributed by atoms with Gasteiger partial charge < -0.3 is 22.0 Å². The molecule has 0 aliphatic heterocycles. The molecule has 0 bridgehead atoms. The maximum atomic E-state index is 5.06. The molecular formula is C109H97Ir5N10-5. The van der Waals surface area contributed by atoms with Crippen LogP contribution in [0.3, 0.4) is 0 Å². The van der Waals surface area contributed by atoms with Crippen molar-refractivity contribution in [3.8, 4) is 22.5 Å².